The fourth-order valence-electron chi connectivity index (χ4n) is 2.05. The smallest absolute Gasteiger partial charge is 0.452 e. The van der Waals surface area contributed by atoms with Crippen molar-refractivity contribution in [2.45, 2.75) is 11.3 Å². The second-order valence-electron chi connectivity index (χ2n) is 5.00. The number of alkyl halides is 3. The lowest BCUT2D eigenvalue weighted by Crippen LogP contribution is -2.12. The van der Waals surface area contributed by atoms with Crippen LogP contribution in [-0.4, -0.2) is 20.7 Å². The SMILES string of the molecule is COc1ccccc1NS(=O)(=O)c1ccc(-c2cc(C(F)(F)F)on2)o1. The van der Waals surface area contributed by atoms with Crippen molar-refractivity contribution < 1.29 is 35.3 Å². The summed E-state index contributed by atoms with van der Waals surface area (Å²) in [7, 11) is -2.76. The summed E-state index contributed by atoms with van der Waals surface area (Å²) in [6.45, 7) is 0. The molecule has 0 aliphatic carbocycles. The Hall–Kier alpha value is -2.95. The minimum Gasteiger partial charge on any atom is -0.495 e. The second kappa shape index (κ2) is 6.41. The molecule has 0 atom stereocenters. The van der Waals surface area contributed by atoms with Crippen molar-refractivity contribution in [1.29, 1.82) is 0 Å². The van der Waals surface area contributed by atoms with Crippen LogP contribution in [0.3, 0.4) is 0 Å². The van der Waals surface area contributed by atoms with E-state index >= 15 is 0 Å². The second-order valence-corrected chi connectivity index (χ2v) is 6.61. The van der Waals surface area contributed by atoms with E-state index in [4.69, 9.17) is 9.15 Å². The average Bonchev–Trinajstić information content (AvgIpc) is 3.24. The maximum Gasteiger partial charge on any atom is 0.452 e. The molecule has 0 spiro atoms. The summed E-state index contributed by atoms with van der Waals surface area (Å²) in [5.41, 5.74) is -0.107. The standard InChI is InChI=1S/C15H11F3N2O5S/c1-23-11-5-3-2-4-9(11)20-26(21,22)14-7-6-12(24-14)10-8-13(25-19-10)15(16,17)18/h2-8,20H,1H3. The lowest BCUT2D eigenvalue weighted by Gasteiger charge is -2.09. The van der Waals surface area contributed by atoms with E-state index in [1.54, 1.807) is 18.2 Å². The molecule has 2 heterocycles. The minimum absolute atomic E-state index is 0.175. The first-order chi connectivity index (χ1) is 12.2. The fraction of sp³-hybridized carbons (Fsp3) is 0.133. The van der Waals surface area contributed by atoms with Crippen molar-refractivity contribution in [2.75, 3.05) is 11.8 Å². The highest BCUT2D eigenvalue weighted by Crippen LogP contribution is 2.33. The highest BCUT2D eigenvalue weighted by Gasteiger charge is 2.36. The molecular formula is C15H11F3N2O5S. The van der Waals surface area contributed by atoms with Crippen LogP contribution in [0.25, 0.3) is 11.5 Å². The molecule has 26 heavy (non-hydrogen) atoms. The zero-order valence-corrected chi connectivity index (χ0v) is 13.9. The number of halogens is 3. The summed E-state index contributed by atoms with van der Waals surface area (Å²) < 4.78 is 79.1. The Morgan fingerprint density at radius 2 is 1.88 bits per heavy atom. The summed E-state index contributed by atoms with van der Waals surface area (Å²) in [5, 5.41) is 2.73. The number of anilines is 1. The predicted molar refractivity (Wildman–Crippen MR) is 83.0 cm³/mol. The molecule has 0 saturated carbocycles. The predicted octanol–water partition coefficient (Wildman–Crippen LogP) is 3.76. The first-order valence-corrected chi connectivity index (χ1v) is 8.49. The van der Waals surface area contributed by atoms with Gasteiger partial charge in [-0.05, 0) is 24.3 Å². The molecule has 0 bridgehead atoms. The van der Waals surface area contributed by atoms with E-state index < -0.39 is 27.1 Å². The van der Waals surface area contributed by atoms with Crippen LogP contribution in [0, 0.1) is 0 Å². The van der Waals surface area contributed by atoms with Crippen LogP contribution in [0.15, 0.2) is 56.5 Å². The van der Waals surface area contributed by atoms with Gasteiger partial charge in [0.05, 0.1) is 12.8 Å². The topological polar surface area (TPSA) is 94.6 Å². The Labute approximate surface area is 145 Å². The summed E-state index contributed by atoms with van der Waals surface area (Å²) in [4.78, 5) is 0. The van der Waals surface area contributed by atoms with Gasteiger partial charge in [-0.1, -0.05) is 17.3 Å². The molecule has 1 aromatic carbocycles. The number of nitrogens with one attached hydrogen (secondary N) is 1. The number of para-hydroxylation sites is 2. The molecule has 0 saturated heterocycles. The van der Waals surface area contributed by atoms with Gasteiger partial charge in [-0.3, -0.25) is 4.72 Å². The molecule has 138 valence electrons. The van der Waals surface area contributed by atoms with Crippen molar-refractivity contribution in [1.82, 2.24) is 5.16 Å². The Balaban J connectivity index is 1.88. The lowest BCUT2D eigenvalue weighted by atomic mass is 10.3. The number of hydrogen-bond acceptors (Lipinski definition) is 6. The van der Waals surface area contributed by atoms with E-state index in [1.165, 1.54) is 19.2 Å². The van der Waals surface area contributed by atoms with E-state index in [0.29, 0.717) is 6.07 Å². The monoisotopic (exact) mass is 388 g/mol. The normalized spacial score (nSPS) is 12.2. The number of hydrogen-bond donors (Lipinski definition) is 1. The molecule has 3 aromatic rings. The number of sulfonamides is 1. The summed E-state index contributed by atoms with van der Waals surface area (Å²) >= 11 is 0. The molecule has 1 N–H and O–H groups in total. The van der Waals surface area contributed by atoms with Crippen LogP contribution >= 0.6 is 0 Å². The highest BCUT2D eigenvalue weighted by atomic mass is 32.2. The van der Waals surface area contributed by atoms with Crippen LogP contribution < -0.4 is 9.46 Å². The van der Waals surface area contributed by atoms with E-state index in [0.717, 1.165) is 6.07 Å². The molecule has 0 amide bonds. The largest absolute Gasteiger partial charge is 0.495 e. The van der Waals surface area contributed by atoms with Gasteiger partial charge in [0, 0.05) is 6.07 Å². The van der Waals surface area contributed by atoms with Gasteiger partial charge in [-0.2, -0.15) is 21.6 Å². The summed E-state index contributed by atoms with van der Waals surface area (Å²) in [5.74, 6) is -1.22. The van der Waals surface area contributed by atoms with Crippen LogP contribution in [0.2, 0.25) is 0 Å². The van der Waals surface area contributed by atoms with Crippen LogP contribution in [0.4, 0.5) is 18.9 Å². The number of furan rings is 1. The van der Waals surface area contributed by atoms with Gasteiger partial charge in [-0.15, -0.1) is 0 Å². The molecule has 2 aromatic heterocycles. The van der Waals surface area contributed by atoms with Crippen molar-refractivity contribution in [3.63, 3.8) is 0 Å². The van der Waals surface area contributed by atoms with Gasteiger partial charge in [0.15, 0.2) is 5.76 Å². The third-order valence-corrected chi connectivity index (χ3v) is 4.48. The first kappa shape index (κ1) is 17.9. The number of nitrogens with zero attached hydrogens (tertiary/aromatic N) is 1. The van der Waals surface area contributed by atoms with Crippen molar-refractivity contribution >= 4 is 15.7 Å². The van der Waals surface area contributed by atoms with Crippen molar-refractivity contribution in [3.8, 4) is 17.2 Å². The van der Waals surface area contributed by atoms with Gasteiger partial charge in [0.25, 0.3) is 10.0 Å². The molecule has 0 aliphatic rings. The minimum atomic E-state index is -4.71. The zero-order valence-electron chi connectivity index (χ0n) is 13.1. The number of rotatable bonds is 5. The third-order valence-electron chi connectivity index (χ3n) is 3.24. The highest BCUT2D eigenvalue weighted by molar-refractivity contribution is 7.92. The van der Waals surface area contributed by atoms with E-state index in [-0.39, 0.29) is 22.9 Å². The van der Waals surface area contributed by atoms with Gasteiger partial charge in [0.2, 0.25) is 10.9 Å². The van der Waals surface area contributed by atoms with Gasteiger partial charge in [0.1, 0.15) is 11.4 Å². The molecule has 0 unspecified atom stereocenters. The van der Waals surface area contributed by atoms with E-state index in [2.05, 4.69) is 14.4 Å². The van der Waals surface area contributed by atoms with Gasteiger partial charge in [-0.25, -0.2) is 0 Å². The van der Waals surface area contributed by atoms with Crippen molar-refractivity contribution in [3.05, 3.63) is 48.2 Å². The first-order valence-electron chi connectivity index (χ1n) is 7.00. The van der Waals surface area contributed by atoms with E-state index in [1.807, 2.05) is 0 Å². The maximum absolute atomic E-state index is 12.5. The molecule has 3 rings (SSSR count). The van der Waals surface area contributed by atoms with Crippen LogP contribution in [0.5, 0.6) is 5.75 Å². The maximum atomic E-state index is 12.5. The molecule has 0 aliphatic heterocycles. The molecule has 7 nitrogen and oxygen atoms in total. The fourth-order valence-corrected chi connectivity index (χ4v) is 3.06. The number of benzene rings is 1. The molecule has 0 radical (unpaired) electrons. The average molecular weight is 388 g/mol. The molecular weight excluding hydrogens is 377 g/mol. The van der Waals surface area contributed by atoms with E-state index in [9.17, 15) is 21.6 Å². The summed E-state index contributed by atoms with van der Waals surface area (Å²) in [6, 6.07) is 9.17. The van der Waals surface area contributed by atoms with Crippen LogP contribution in [0.1, 0.15) is 5.76 Å². The lowest BCUT2D eigenvalue weighted by molar-refractivity contribution is -0.155. The number of methoxy groups -OCH3 is 1. The zero-order chi connectivity index (χ0) is 18.9. The van der Waals surface area contributed by atoms with Crippen LogP contribution in [-0.2, 0) is 16.2 Å². The van der Waals surface area contributed by atoms with Crippen molar-refractivity contribution in [2.24, 2.45) is 0 Å². The number of aromatic nitrogens is 1. The molecule has 0 fully saturated rings. The quantitative estimate of drug-likeness (QED) is 0.715. The molecule has 11 heteroatoms. The Kier molecular flexibility index (Phi) is 4.40. The number of ether oxygens (including phenoxy) is 1. The van der Waals surface area contributed by atoms with Gasteiger partial charge < -0.3 is 13.7 Å². The third kappa shape index (κ3) is 3.52. The Morgan fingerprint density at radius 3 is 2.54 bits per heavy atom. The van der Waals surface area contributed by atoms with Gasteiger partial charge >= 0.3 is 6.18 Å². The Morgan fingerprint density at radius 1 is 1.15 bits per heavy atom. The summed E-state index contributed by atoms with van der Waals surface area (Å²) in [6.07, 6.45) is -4.71. The Bertz CT molecular complexity index is 1020.